The maximum atomic E-state index is 5.88. The highest BCUT2D eigenvalue weighted by molar-refractivity contribution is 7.17. The largest absolute Gasteiger partial charge is 0.457 e. The highest BCUT2D eigenvalue weighted by Gasteiger charge is 2.15. The Morgan fingerprint density at radius 1 is 0.812 bits per heavy atom. The molecule has 3 heterocycles. The zero-order valence-corrected chi connectivity index (χ0v) is 17.6. The van der Waals surface area contributed by atoms with Crippen molar-refractivity contribution >= 4 is 44.1 Å². The van der Waals surface area contributed by atoms with Gasteiger partial charge in [-0.1, -0.05) is 36.4 Å². The molecule has 6 aromatic rings. The summed E-state index contributed by atoms with van der Waals surface area (Å²) in [5, 5.41) is 6.63. The fraction of sp³-hybridized carbons (Fsp3) is 0. The van der Waals surface area contributed by atoms with Crippen molar-refractivity contribution in [3.8, 4) is 22.9 Å². The lowest BCUT2D eigenvalue weighted by Crippen LogP contribution is -1.99. The maximum Gasteiger partial charge on any atom is 0.183 e. The Kier molecular flexibility index (Phi) is 4.51. The van der Waals surface area contributed by atoms with Crippen LogP contribution in [0.2, 0.25) is 0 Å². The van der Waals surface area contributed by atoms with Crippen molar-refractivity contribution in [2.24, 2.45) is 0 Å². The van der Waals surface area contributed by atoms with Crippen LogP contribution in [-0.4, -0.2) is 19.9 Å². The third-order valence-corrected chi connectivity index (χ3v) is 6.07. The Morgan fingerprint density at radius 3 is 2.47 bits per heavy atom. The van der Waals surface area contributed by atoms with Gasteiger partial charge in [0.2, 0.25) is 0 Å². The number of fused-ring (bicyclic) bond motifs is 2. The van der Waals surface area contributed by atoms with Gasteiger partial charge in [0, 0.05) is 26.7 Å². The number of para-hydroxylation sites is 1. The predicted octanol–water partition coefficient (Wildman–Crippen LogP) is 6.77. The summed E-state index contributed by atoms with van der Waals surface area (Å²) in [6.07, 6.45) is 1.64. The number of imidazole rings is 1. The smallest absolute Gasteiger partial charge is 0.183 e. The average Bonchev–Trinajstić information content (AvgIpc) is 3.48. The fourth-order valence-electron chi connectivity index (χ4n) is 3.56. The highest BCUT2D eigenvalue weighted by Crippen LogP contribution is 2.34. The molecule has 0 saturated heterocycles. The predicted molar refractivity (Wildman–Crippen MR) is 129 cm³/mol. The molecule has 6 rings (SSSR count). The monoisotopic (exact) mass is 435 g/mol. The van der Waals surface area contributed by atoms with Gasteiger partial charge in [-0.15, -0.1) is 11.3 Å². The second-order valence-corrected chi connectivity index (χ2v) is 8.12. The molecule has 3 aromatic carbocycles. The molecule has 154 valence electrons. The first-order chi connectivity index (χ1) is 15.8. The summed E-state index contributed by atoms with van der Waals surface area (Å²) < 4.78 is 7.09. The Balaban J connectivity index is 1.33. The lowest BCUT2D eigenvalue weighted by atomic mass is 10.1. The molecule has 32 heavy (non-hydrogen) atoms. The van der Waals surface area contributed by atoms with Crippen LogP contribution in [0.4, 0.5) is 11.5 Å². The fourth-order valence-corrected chi connectivity index (χ4v) is 4.50. The minimum absolute atomic E-state index is 0.622. The quantitative estimate of drug-likeness (QED) is 0.312. The number of aromatic nitrogens is 4. The standard InChI is InChI=1S/C25H17N5OS/c1-2-6-17(7-3-1)31-18-12-10-16(11-13-18)28-25-22-24(27-15-26-22)29-23(30-25)20-14-32-21-9-5-4-8-19(20)21/h1-15H,(H2,26,27,28,29,30). The summed E-state index contributed by atoms with van der Waals surface area (Å²) in [6, 6.07) is 25.8. The van der Waals surface area contributed by atoms with Crippen LogP contribution < -0.4 is 10.1 Å². The van der Waals surface area contributed by atoms with Crippen LogP contribution in [0.5, 0.6) is 11.5 Å². The van der Waals surface area contributed by atoms with Gasteiger partial charge < -0.3 is 15.0 Å². The molecule has 3 aromatic heterocycles. The molecule has 0 aliphatic carbocycles. The van der Waals surface area contributed by atoms with Gasteiger partial charge in [-0.05, 0) is 42.5 Å². The van der Waals surface area contributed by atoms with Gasteiger partial charge in [-0.2, -0.15) is 0 Å². The van der Waals surface area contributed by atoms with E-state index in [1.807, 2.05) is 66.7 Å². The Labute approximate surface area is 187 Å². The summed E-state index contributed by atoms with van der Waals surface area (Å²) in [4.78, 5) is 17.0. The first-order valence-corrected chi connectivity index (χ1v) is 11.0. The SMILES string of the molecule is c1ccc(Oc2ccc(Nc3nc(-c4csc5ccccc45)nc4nc[nH]c34)cc2)cc1. The van der Waals surface area contributed by atoms with Gasteiger partial charge in [0.15, 0.2) is 17.3 Å². The third kappa shape index (κ3) is 3.44. The number of nitrogens with zero attached hydrogens (tertiary/aromatic N) is 3. The van der Waals surface area contributed by atoms with E-state index in [1.54, 1.807) is 17.7 Å². The van der Waals surface area contributed by atoms with Gasteiger partial charge in [0.25, 0.3) is 0 Å². The van der Waals surface area contributed by atoms with Crippen LogP contribution in [0.1, 0.15) is 0 Å². The maximum absolute atomic E-state index is 5.88. The van der Waals surface area contributed by atoms with E-state index in [-0.39, 0.29) is 0 Å². The first-order valence-electron chi connectivity index (χ1n) is 10.1. The molecule has 0 aliphatic rings. The molecule has 0 fully saturated rings. The molecule has 0 saturated carbocycles. The van der Waals surface area contributed by atoms with Crippen molar-refractivity contribution in [2.45, 2.75) is 0 Å². The van der Waals surface area contributed by atoms with Crippen molar-refractivity contribution in [3.63, 3.8) is 0 Å². The number of thiophene rings is 1. The van der Waals surface area contributed by atoms with Crippen LogP contribution in [0.3, 0.4) is 0 Å². The number of anilines is 2. The molecule has 0 bridgehead atoms. The molecule has 0 aliphatic heterocycles. The molecule has 0 spiro atoms. The number of aromatic amines is 1. The number of rotatable bonds is 5. The van der Waals surface area contributed by atoms with Crippen molar-refractivity contribution in [2.75, 3.05) is 5.32 Å². The van der Waals surface area contributed by atoms with Gasteiger partial charge in [-0.25, -0.2) is 15.0 Å². The number of ether oxygens (including phenoxy) is 1. The molecule has 7 heteroatoms. The van der Waals surface area contributed by atoms with Crippen molar-refractivity contribution in [3.05, 3.63) is 90.6 Å². The Bertz CT molecular complexity index is 1520. The average molecular weight is 436 g/mol. The van der Waals surface area contributed by atoms with Crippen molar-refractivity contribution in [1.82, 2.24) is 19.9 Å². The van der Waals surface area contributed by atoms with Crippen molar-refractivity contribution in [1.29, 1.82) is 0 Å². The van der Waals surface area contributed by atoms with E-state index in [9.17, 15) is 0 Å². The van der Waals surface area contributed by atoms with Crippen LogP contribution in [0.15, 0.2) is 90.6 Å². The Morgan fingerprint density at radius 2 is 1.59 bits per heavy atom. The zero-order valence-electron chi connectivity index (χ0n) is 16.8. The summed E-state index contributed by atoms with van der Waals surface area (Å²) in [5.41, 5.74) is 3.28. The minimum atomic E-state index is 0.622. The number of hydrogen-bond donors (Lipinski definition) is 2. The molecular formula is C25H17N5OS. The second kappa shape index (κ2) is 7.79. The molecule has 0 atom stereocenters. The van der Waals surface area contributed by atoms with E-state index in [4.69, 9.17) is 9.72 Å². The summed E-state index contributed by atoms with van der Waals surface area (Å²) >= 11 is 1.69. The summed E-state index contributed by atoms with van der Waals surface area (Å²) in [7, 11) is 0. The van der Waals surface area contributed by atoms with Crippen LogP contribution in [0, 0.1) is 0 Å². The van der Waals surface area contributed by atoms with E-state index >= 15 is 0 Å². The molecule has 0 amide bonds. The number of benzene rings is 3. The summed E-state index contributed by atoms with van der Waals surface area (Å²) in [5.74, 6) is 2.89. The Hall–Kier alpha value is -4.23. The van der Waals surface area contributed by atoms with Crippen molar-refractivity contribution < 1.29 is 4.74 Å². The molecular weight excluding hydrogens is 418 g/mol. The number of hydrogen-bond acceptors (Lipinski definition) is 6. The van der Waals surface area contributed by atoms with Crippen LogP contribution in [0.25, 0.3) is 32.6 Å². The van der Waals surface area contributed by atoms with Crippen LogP contribution >= 0.6 is 11.3 Å². The number of H-pyrrole nitrogens is 1. The lowest BCUT2D eigenvalue weighted by molar-refractivity contribution is 0.483. The topological polar surface area (TPSA) is 75.7 Å². The van der Waals surface area contributed by atoms with E-state index in [0.717, 1.165) is 33.7 Å². The summed E-state index contributed by atoms with van der Waals surface area (Å²) in [6.45, 7) is 0. The highest BCUT2D eigenvalue weighted by atomic mass is 32.1. The van der Waals surface area contributed by atoms with Gasteiger partial charge in [0.05, 0.1) is 6.33 Å². The molecule has 6 nitrogen and oxygen atoms in total. The minimum Gasteiger partial charge on any atom is -0.457 e. The zero-order chi connectivity index (χ0) is 21.3. The molecule has 0 radical (unpaired) electrons. The first kappa shape index (κ1) is 18.5. The lowest BCUT2D eigenvalue weighted by Gasteiger charge is -2.10. The van der Waals surface area contributed by atoms with E-state index < -0.39 is 0 Å². The normalized spacial score (nSPS) is 11.1. The third-order valence-electron chi connectivity index (χ3n) is 5.10. The van der Waals surface area contributed by atoms with E-state index in [0.29, 0.717) is 17.3 Å². The van der Waals surface area contributed by atoms with E-state index in [2.05, 4.69) is 37.8 Å². The molecule has 0 unspecified atom stereocenters. The number of nitrogens with one attached hydrogen (secondary N) is 2. The van der Waals surface area contributed by atoms with Gasteiger partial charge >= 0.3 is 0 Å². The second-order valence-electron chi connectivity index (χ2n) is 7.21. The molecule has 2 N–H and O–H groups in total. The van der Waals surface area contributed by atoms with Gasteiger partial charge in [-0.3, -0.25) is 0 Å². The van der Waals surface area contributed by atoms with Crippen LogP contribution in [-0.2, 0) is 0 Å². The van der Waals surface area contributed by atoms with Gasteiger partial charge in [0.1, 0.15) is 17.0 Å². The van der Waals surface area contributed by atoms with E-state index in [1.165, 1.54) is 4.70 Å².